The Kier molecular flexibility index (Phi) is 7.56. The minimum Gasteiger partial charge on any atom is -0.361 e. The van der Waals surface area contributed by atoms with Crippen LogP contribution in [0.1, 0.15) is 47.1 Å². The van der Waals surface area contributed by atoms with Gasteiger partial charge in [-0.25, -0.2) is 0 Å². The van der Waals surface area contributed by atoms with Gasteiger partial charge in [0.15, 0.2) is 0 Å². The summed E-state index contributed by atoms with van der Waals surface area (Å²) in [5.74, 6) is -0.527. The summed E-state index contributed by atoms with van der Waals surface area (Å²) in [5.41, 5.74) is 4.00. The standard InChI is InChI=1S/C31H32F3N3O/c1-2-23-10-7-13-26-28(20-35-30(23)26)27(24-11-6-12-25(18-24)31(32,33)34)19-29(38)37-16-14-36(15-17-37)21-22-8-4-3-5-9-22/h3-13,18,20,27,35H,2,14-17,19,21H2,1H3. The van der Waals surface area contributed by atoms with E-state index in [0.29, 0.717) is 18.7 Å². The molecule has 38 heavy (non-hydrogen) atoms. The molecule has 7 heteroatoms. The molecule has 1 amide bonds. The van der Waals surface area contributed by atoms with Crippen LogP contribution in [0.3, 0.4) is 0 Å². The van der Waals surface area contributed by atoms with E-state index in [2.05, 4.69) is 28.9 Å². The Balaban J connectivity index is 1.39. The molecule has 1 aliphatic heterocycles. The van der Waals surface area contributed by atoms with Crippen molar-refractivity contribution in [3.05, 3.63) is 107 Å². The largest absolute Gasteiger partial charge is 0.416 e. The monoisotopic (exact) mass is 519 g/mol. The first-order valence-electron chi connectivity index (χ1n) is 13.1. The Morgan fingerprint density at radius 1 is 0.947 bits per heavy atom. The van der Waals surface area contributed by atoms with Crippen molar-refractivity contribution in [2.45, 2.75) is 38.4 Å². The second-order valence-corrected chi connectivity index (χ2v) is 9.96. The number of nitrogens with zero attached hydrogens (tertiary/aromatic N) is 2. The smallest absolute Gasteiger partial charge is 0.361 e. The van der Waals surface area contributed by atoms with Gasteiger partial charge < -0.3 is 9.88 Å². The van der Waals surface area contributed by atoms with Gasteiger partial charge in [-0.1, -0.05) is 73.7 Å². The number of piperazine rings is 1. The van der Waals surface area contributed by atoms with Crippen molar-refractivity contribution in [3.8, 4) is 0 Å². The molecule has 1 unspecified atom stereocenters. The lowest BCUT2D eigenvalue weighted by atomic mass is 9.86. The van der Waals surface area contributed by atoms with Gasteiger partial charge in [-0.05, 0) is 34.7 Å². The van der Waals surface area contributed by atoms with Gasteiger partial charge in [0.1, 0.15) is 0 Å². The number of carbonyl (C=O) groups is 1. The molecule has 1 atom stereocenters. The highest BCUT2D eigenvalue weighted by molar-refractivity contribution is 5.88. The molecule has 0 radical (unpaired) electrons. The minimum atomic E-state index is -4.45. The van der Waals surface area contributed by atoms with E-state index in [4.69, 9.17) is 0 Å². The van der Waals surface area contributed by atoms with Gasteiger partial charge in [-0.15, -0.1) is 0 Å². The molecule has 1 saturated heterocycles. The molecule has 0 aliphatic carbocycles. The van der Waals surface area contributed by atoms with E-state index in [1.165, 1.54) is 17.7 Å². The maximum Gasteiger partial charge on any atom is 0.416 e. The molecule has 198 valence electrons. The van der Waals surface area contributed by atoms with Crippen LogP contribution < -0.4 is 0 Å². The van der Waals surface area contributed by atoms with Gasteiger partial charge in [0.2, 0.25) is 5.91 Å². The molecule has 1 N–H and O–H groups in total. The predicted molar refractivity (Wildman–Crippen MR) is 144 cm³/mol. The van der Waals surface area contributed by atoms with Crippen LogP contribution in [0.2, 0.25) is 0 Å². The van der Waals surface area contributed by atoms with E-state index in [9.17, 15) is 18.0 Å². The maximum absolute atomic E-state index is 13.6. The Morgan fingerprint density at radius 3 is 2.39 bits per heavy atom. The summed E-state index contributed by atoms with van der Waals surface area (Å²) in [6, 6.07) is 21.6. The van der Waals surface area contributed by atoms with Gasteiger partial charge in [0.25, 0.3) is 0 Å². The molecule has 0 saturated carbocycles. The first kappa shape index (κ1) is 26.0. The summed E-state index contributed by atoms with van der Waals surface area (Å²) in [5, 5.41) is 0.951. The number of fused-ring (bicyclic) bond motifs is 1. The second-order valence-electron chi connectivity index (χ2n) is 9.96. The van der Waals surface area contributed by atoms with E-state index < -0.39 is 17.7 Å². The van der Waals surface area contributed by atoms with Gasteiger partial charge >= 0.3 is 6.18 Å². The Bertz CT molecular complexity index is 1390. The summed E-state index contributed by atoms with van der Waals surface area (Å²) >= 11 is 0. The number of hydrogen-bond donors (Lipinski definition) is 1. The number of halogens is 3. The SMILES string of the molecule is CCc1cccc2c(C(CC(=O)N3CCN(Cc4ccccc4)CC3)c3cccc(C(F)(F)F)c3)c[nH]c12. The number of para-hydroxylation sites is 1. The third kappa shape index (κ3) is 5.63. The molecule has 1 fully saturated rings. The Labute approximate surface area is 221 Å². The summed E-state index contributed by atoms with van der Waals surface area (Å²) in [6.07, 6.45) is -1.64. The van der Waals surface area contributed by atoms with Gasteiger partial charge in [0.05, 0.1) is 5.56 Å². The maximum atomic E-state index is 13.6. The lowest BCUT2D eigenvalue weighted by molar-refractivity contribution is -0.137. The zero-order valence-corrected chi connectivity index (χ0v) is 21.5. The third-order valence-electron chi connectivity index (χ3n) is 7.56. The quantitative estimate of drug-likeness (QED) is 0.298. The molecule has 0 bridgehead atoms. The summed E-state index contributed by atoms with van der Waals surface area (Å²) in [6.45, 7) is 5.65. The van der Waals surface area contributed by atoms with Gasteiger partial charge in [-0.2, -0.15) is 13.2 Å². The molecular weight excluding hydrogens is 487 g/mol. The molecule has 1 aliphatic rings. The molecular formula is C31H32F3N3O. The van der Waals surface area contributed by atoms with Crippen LogP contribution in [0.25, 0.3) is 10.9 Å². The topological polar surface area (TPSA) is 39.3 Å². The van der Waals surface area contributed by atoms with Crippen molar-refractivity contribution in [1.82, 2.24) is 14.8 Å². The van der Waals surface area contributed by atoms with Crippen molar-refractivity contribution >= 4 is 16.8 Å². The van der Waals surface area contributed by atoms with E-state index in [1.807, 2.05) is 47.5 Å². The van der Waals surface area contributed by atoms with Gasteiger partial charge in [0, 0.05) is 62.2 Å². The van der Waals surface area contributed by atoms with Crippen LogP contribution >= 0.6 is 0 Å². The van der Waals surface area contributed by atoms with Crippen molar-refractivity contribution in [3.63, 3.8) is 0 Å². The van der Waals surface area contributed by atoms with Crippen LogP contribution in [-0.4, -0.2) is 46.9 Å². The highest BCUT2D eigenvalue weighted by atomic mass is 19.4. The number of aryl methyl sites for hydroxylation is 1. The van der Waals surface area contributed by atoms with E-state index >= 15 is 0 Å². The summed E-state index contributed by atoms with van der Waals surface area (Å²) in [7, 11) is 0. The fourth-order valence-electron chi connectivity index (χ4n) is 5.46. The number of rotatable bonds is 7. The van der Waals surface area contributed by atoms with Crippen molar-refractivity contribution < 1.29 is 18.0 Å². The number of hydrogen-bond acceptors (Lipinski definition) is 2. The zero-order valence-electron chi connectivity index (χ0n) is 21.5. The molecule has 1 aromatic heterocycles. The van der Waals surface area contributed by atoms with Crippen LogP contribution in [0.15, 0.2) is 79.0 Å². The molecule has 4 aromatic rings. The molecule has 0 spiro atoms. The van der Waals surface area contributed by atoms with E-state index in [0.717, 1.165) is 54.2 Å². The van der Waals surface area contributed by atoms with Crippen molar-refractivity contribution in [1.29, 1.82) is 0 Å². The lowest BCUT2D eigenvalue weighted by Gasteiger charge is -2.35. The number of alkyl halides is 3. The van der Waals surface area contributed by atoms with Crippen LogP contribution in [0, 0.1) is 0 Å². The van der Waals surface area contributed by atoms with E-state index in [-0.39, 0.29) is 12.3 Å². The highest BCUT2D eigenvalue weighted by Gasteiger charge is 2.32. The summed E-state index contributed by atoms with van der Waals surface area (Å²) in [4.78, 5) is 21.1. The first-order valence-corrected chi connectivity index (χ1v) is 13.1. The average Bonchev–Trinajstić information content (AvgIpc) is 3.36. The number of H-pyrrole nitrogens is 1. The minimum absolute atomic E-state index is 0.0345. The Hall–Kier alpha value is -3.58. The number of benzene rings is 3. The fraction of sp³-hybridized carbons (Fsp3) is 0.323. The third-order valence-corrected chi connectivity index (χ3v) is 7.56. The molecule has 2 heterocycles. The number of nitrogens with one attached hydrogen (secondary N) is 1. The highest BCUT2D eigenvalue weighted by Crippen LogP contribution is 2.38. The van der Waals surface area contributed by atoms with Crippen LogP contribution in [0.4, 0.5) is 13.2 Å². The van der Waals surface area contributed by atoms with Crippen LogP contribution in [0.5, 0.6) is 0 Å². The predicted octanol–water partition coefficient (Wildman–Crippen LogP) is 6.62. The average molecular weight is 520 g/mol. The molecule has 3 aromatic carbocycles. The number of amides is 1. The second kappa shape index (κ2) is 11.0. The number of aromatic nitrogens is 1. The zero-order chi connectivity index (χ0) is 26.7. The first-order chi connectivity index (χ1) is 18.3. The number of aromatic amines is 1. The van der Waals surface area contributed by atoms with Crippen molar-refractivity contribution in [2.24, 2.45) is 0 Å². The molecule has 5 rings (SSSR count). The fourth-order valence-corrected chi connectivity index (χ4v) is 5.46. The summed E-state index contributed by atoms with van der Waals surface area (Å²) < 4.78 is 40.8. The molecule has 4 nitrogen and oxygen atoms in total. The number of carbonyl (C=O) groups excluding carboxylic acids is 1. The lowest BCUT2D eigenvalue weighted by Crippen LogP contribution is -2.48. The van der Waals surface area contributed by atoms with E-state index in [1.54, 1.807) is 6.07 Å². The van der Waals surface area contributed by atoms with Gasteiger partial charge in [-0.3, -0.25) is 9.69 Å². The van der Waals surface area contributed by atoms with Crippen molar-refractivity contribution in [2.75, 3.05) is 26.2 Å². The Morgan fingerprint density at radius 2 is 1.68 bits per heavy atom. The van der Waals surface area contributed by atoms with Crippen LogP contribution in [-0.2, 0) is 23.9 Å². The normalized spacial score (nSPS) is 15.6.